The molecule has 0 saturated carbocycles. The van der Waals surface area contributed by atoms with Crippen LogP contribution in [0.15, 0.2) is 84.9 Å². The first-order valence-corrected chi connectivity index (χ1v) is 9.41. The van der Waals surface area contributed by atoms with Gasteiger partial charge in [0.25, 0.3) is 5.91 Å². The molecule has 0 aliphatic carbocycles. The molecule has 2 amide bonds. The van der Waals surface area contributed by atoms with E-state index in [1.807, 2.05) is 66.7 Å². The van der Waals surface area contributed by atoms with Gasteiger partial charge in [-0.15, -0.1) is 0 Å². The summed E-state index contributed by atoms with van der Waals surface area (Å²) in [7, 11) is 0. The molecule has 0 bridgehead atoms. The highest BCUT2D eigenvalue weighted by molar-refractivity contribution is 6.30. The van der Waals surface area contributed by atoms with Gasteiger partial charge < -0.3 is 10.6 Å². The van der Waals surface area contributed by atoms with E-state index in [0.717, 1.165) is 11.1 Å². The molecule has 0 saturated heterocycles. The van der Waals surface area contributed by atoms with Gasteiger partial charge in [-0.1, -0.05) is 72.3 Å². The van der Waals surface area contributed by atoms with Crippen LogP contribution >= 0.6 is 11.6 Å². The van der Waals surface area contributed by atoms with Crippen LogP contribution in [0, 0.1) is 0 Å². The van der Waals surface area contributed by atoms with Crippen LogP contribution in [0.2, 0.25) is 5.02 Å². The van der Waals surface area contributed by atoms with Gasteiger partial charge in [-0.3, -0.25) is 9.59 Å². The third-order valence-electron chi connectivity index (χ3n) is 4.31. The maximum atomic E-state index is 12.6. The molecule has 5 heteroatoms. The lowest BCUT2D eigenvalue weighted by molar-refractivity contribution is -0.121. The highest BCUT2D eigenvalue weighted by atomic mass is 35.5. The molecule has 0 unspecified atom stereocenters. The van der Waals surface area contributed by atoms with Gasteiger partial charge in [-0.25, -0.2) is 0 Å². The van der Waals surface area contributed by atoms with E-state index in [4.69, 9.17) is 11.6 Å². The lowest BCUT2D eigenvalue weighted by Crippen LogP contribution is -2.33. The molecule has 3 aromatic rings. The van der Waals surface area contributed by atoms with Crippen LogP contribution in [0.25, 0.3) is 0 Å². The lowest BCUT2D eigenvalue weighted by atomic mass is 10.0. The number of hydrogen-bond acceptors (Lipinski definition) is 2. The first-order valence-electron chi connectivity index (χ1n) is 9.04. The molecule has 3 aromatic carbocycles. The van der Waals surface area contributed by atoms with Crippen LogP contribution in [0.1, 0.15) is 33.9 Å². The number of benzene rings is 3. The number of amides is 2. The van der Waals surface area contributed by atoms with Crippen molar-refractivity contribution in [3.8, 4) is 0 Å². The van der Waals surface area contributed by atoms with E-state index >= 15 is 0 Å². The molecule has 0 fully saturated rings. The van der Waals surface area contributed by atoms with Crippen molar-refractivity contribution in [2.75, 3.05) is 0 Å². The Morgan fingerprint density at radius 1 is 0.857 bits per heavy atom. The van der Waals surface area contributed by atoms with Gasteiger partial charge in [0.2, 0.25) is 5.91 Å². The fraction of sp³-hybridized carbons (Fsp3) is 0.130. The van der Waals surface area contributed by atoms with Crippen LogP contribution in [0.4, 0.5) is 0 Å². The van der Waals surface area contributed by atoms with E-state index in [0.29, 0.717) is 17.1 Å². The number of rotatable bonds is 7. The molecule has 142 valence electrons. The second kappa shape index (κ2) is 9.72. The molecule has 4 nitrogen and oxygen atoms in total. The summed E-state index contributed by atoms with van der Waals surface area (Å²) in [5.74, 6) is -0.362. The molecule has 28 heavy (non-hydrogen) atoms. The summed E-state index contributed by atoms with van der Waals surface area (Å²) in [6.45, 7) is 0.382. The van der Waals surface area contributed by atoms with E-state index in [1.54, 1.807) is 18.2 Å². The monoisotopic (exact) mass is 392 g/mol. The number of carbonyl (C=O) groups is 2. The van der Waals surface area contributed by atoms with E-state index in [2.05, 4.69) is 10.6 Å². The van der Waals surface area contributed by atoms with Crippen LogP contribution in [-0.2, 0) is 11.3 Å². The molecular weight excluding hydrogens is 372 g/mol. The normalized spacial score (nSPS) is 11.5. The van der Waals surface area contributed by atoms with E-state index in [-0.39, 0.29) is 18.2 Å². The standard InChI is InChI=1S/C23H21ClN2O2/c24-20-13-7-8-17(14-20)16-25-22(27)15-21(18-9-3-1-4-10-18)26-23(28)19-11-5-2-6-12-19/h1-14,21H,15-16H2,(H,25,27)(H,26,28)/t21-/m0/s1. The van der Waals surface area contributed by atoms with Crippen LogP contribution in [0.3, 0.4) is 0 Å². The van der Waals surface area contributed by atoms with Gasteiger partial charge in [-0.05, 0) is 35.4 Å². The zero-order chi connectivity index (χ0) is 19.8. The van der Waals surface area contributed by atoms with Crippen LogP contribution < -0.4 is 10.6 Å². The molecule has 0 aliphatic heterocycles. The molecule has 0 heterocycles. The van der Waals surface area contributed by atoms with Gasteiger partial charge >= 0.3 is 0 Å². The van der Waals surface area contributed by atoms with Crippen molar-refractivity contribution in [2.45, 2.75) is 19.0 Å². The number of hydrogen-bond donors (Lipinski definition) is 2. The quantitative estimate of drug-likeness (QED) is 0.621. The van der Waals surface area contributed by atoms with Crippen molar-refractivity contribution in [2.24, 2.45) is 0 Å². The highest BCUT2D eigenvalue weighted by Crippen LogP contribution is 2.18. The number of halogens is 1. The summed E-state index contributed by atoms with van der Waals surface area (Å²) < 4.78 is 0. The first-order chi connectivity index (χ1) is 13.6. The van der Waals surface area contributed by atoms with E-state index in [9.17, 15) is 9.59 Å². The third kappa shape index (κ3) is 5.69. The predicted molar refractivity (Wildman–Crippen MR) is 111 cm³/mol. The molecule has 1 atom stereocenters. The Morgan fingerprint density at radius 3 is 2.21 bits per heavy atom. The molecule has 0 aromatic heterocycles. The van der Waals surface area contributed by atoms with Crippen LogP contribution in [0.5, 0.6) is 0 Å². The largest absolute Gasteiger partial charge is 0.352 e. The Balaban J connectivity index is 1.67. The second-order valence-corrected chi connectivity index (χ2v) is 6.85. The summed E-state index contributed by atoms with van der Waals surface area (Å²) in [4.78, 5) is 25.1. The summed E-state index contributed by atoms with van der Waals surface area (Å²) in [6, 6.07) is 25.4. The zero-order valence-corrected chi connectivity index (χ0v) is 16.0. The maximum Gasteiger partial charge on any atom is 0.251 e. The molecule has 0 radical (unpaired) electrons. The molecular formula is C23H21ClN2O2. The molecule has 0 spiro atoms. The van der Waals surface area contributed by atoms with Gasteiger partial charge in [0.15, 0.2) is 0 Å². The van der Waals surface area contributed by atoms with Crippen molar-refractivity contribution < 1.29 is 9.59 Å². The first kappa shape index (κ1) is 19.6. The maximum absolute atomic E-state index is 12.6. The minimum Gasteiger partial charge on any atom is -0.352 e. The summed E-state index contributed by atoms with van der Waals surface area (Å²) in [5, 5.41) is 6.49. The van der Waals surface area contributed by atoms with Crippen molar-refractivity contribution in [3.05, 3.63) is 107 Å². The van der Waals surface area contributed by atoms with Gasteiger partial charge in [0.1, 0.15) is 0 Å². The van der Waals surface area contributed by atoms with Gasteiger partial charge in [0, 0.05) is 17.1 Å². The smallest absolute Gasteiger partial charge is 0.251 e. The Labute approximate surface area is 169 Å². The molecule has 2 N–H and O–H groups in total. The van der Waals surface area contributed by atoms with Gasteiger partial charge in [-0.2, -0.15) is 0 Å². The van der Waals surface area contributed by atoms with Crippen LogP contribution in [-0.4, -0.2) is 11.8 Å². The van der Waals surface area contributed by atoms with Crippen molar-refractivity contribution in [1.82, 2.24) is 10.6 Å². The molecule has 3 rings (SSSR count). The SMILES string of the molecule is O=C(C[C@H](NC(=O)c1ccccc1)c1ccccc1)NCc1cccc(Cl)c1. The van der Waals surface area contributed by atoms with Crippen molar-refractivity contribution in [3.63, 3.8) is 0 Å². The summed E-state index contributed by atoms with van der Waals surface area (Å²) >= 11 is 5.98. The topological polar surface area (TPSA) is 58.2 Å². The minimum absolute atomic E-state index is 0.142. The lowest BCUT2D eigenvalue weighted by Gasteiger charge is -2.19. The Hall–Kier alpha value is -3.11. The summed E-state index contributed by atoms with van der Waals surface area (Å²) in [5.41, 5.74) is 2.36. The molecule has 0 aliphatic rings. The average molecular weight is 393 g/mol. The number of carbonyl (C=O) groups excluding carboxylic acids is 2. The fourth-order valence-electron chi connectivity index (χ4n) is 2.87. The highest BCUT2D eigenvalue weighted by Gasteiger charge is 2.19. The van der Waals surface area contributed by atoms with Crippen molar-refractivity contribution >= 4 is 23.4 Å². The Morgan fingerprint density at radius 2 is 1.54 bits per heavy atom. The zero-order valence-electron chi connectivity index (χ0n) is 15.3. The minimum atomic E-state index is -0.423. The van der Waals surface area contributed by atoms with Crippen molar-refractivity contribution in [1.29, 1.82) is 0 Å². The Kier molecular flexibility index (Phi) is 6.82. The average Bonchev–Trinajstić information content (AvgIpc) is 2.73. The van der Waals surface area contributed by atoms with E-state index in [1.165, 1.54) is 0 Å². The van der Waals surface area contributed by atoms with E-state index < -0.39 is 6.04 Å². The predicted octanol–water partition coefficient (Wildman–Crippen LogP) is 4.52. The van der Waals surface area contributed by atoms with Gasteiger partial charge in [0.05, 0.1) is 12.5 Å². The summed E-state index contributed by atoms with van der Waals surface area (Å²) in [6.07, 6.45) is 0.142. The fourth-order valence-corrected chi connectivity index (χ4v) is 3.09. The Bertz CT molecular complexity index is 930. The second-order valence-electron chi connectivity index (χ2n) is 6.41. The number of nitrogens with one attached hydrogen (secondary N) is 2. The third-order valence-corrected chi connectivity index (χ3v) is 4.55.